The Morgan fingerprint density at radius 3 is 2.45 bits per heavy atom. The van der Waals surface area contributed by atoms with E-state index in [0.29, 0.717) is 5.33 Å². The van der Waals surface area contributed by atoms with Crippen LogP contribution in [0.3, 0.4) is 0 Å². The SMILES string of the molecule is O=P(O)(OCCCl)OCCBr. The number of halogens is 2. The van der Waals surface area contributed by atoms with Crippen LogP contribution in [0, 0.1) is 0 Å². The molecule has 1 atom stereocenters. The van der Waals surface area contributed by atoms with E-state index in [1.165, 1.54) is 0 Å². The Bertz CT molecular complexity index is 132. The summed E-state index contributed by atoms with van der Waals surface area (Å²) in [5.74, 6) is 0.169. The molecule has 0 aliphatic rings. The van der Waals surface area contributed by atoms with E-state index in [-0.39, 0.29) is 19.1 Å². The van der Waals surface area contributed by atoms with Crippen LogP contribution in [0.1, 0.15) is 0 Å². The number of phosphoric ester groups is 1. The largest absolute Gasteiger partial charge is 0.472 e. The van der Waals surface area contributed by atoms with Gasteiger partial charge in [0.05, 0.1) is 13.2 Å². The molecule has 0 radical (unpaired) electrons. The molecule has 0 fully saturated rings. The van der Waals surface area contributed by atoms with Gasteiger partial charge < -0.3 is 4.89 Å². The summed E-state index contributed by atoms with van der Waals surface area (Å²) in [6, 6.07) is 0. The van der Waals surface area contributed by atoms with Gasteiger partial charge in [-0.25, -0.2) is 4.57 Å². The van der Waals surface area contributed by atoms with Crippen molar-refractivity contribution in [1.29, 1.82) is 0 Å². The van der Waals surface area contributed by atoms with Crippen LogP contribution in [0.2, 0.25) is 0 Å². The average Bonchev–Trinajstić information content (AvgIpc) is 1.97. The normalized spacial score (nSPS) is 16.3. The minimum Gasteiger partial charge on any atom is -0.302 e. The van der Waals surface area contributed by atoms with Gasteiger partial charge in [-0.3, -0.25) is 9.05 Å². The Balaban J connectivity index is 3.53. The summed E-state index contributed by atoms with van der Waals surface area (Å²) in [5.41, 5.74) is 0. The minimum atomic E-state index is -3.84. The van der Waals surface area contributed by atoms with Gasteiger partial charge in [-0.05, 0) is 0 Å². The van der Waals surface area contributed by atoms with E-state index in [0.717, 1.165) is 0 Å². The van der Waals surface area contributed by atoms with Crippen LogP contribution < -0.4 is 0 Å². The Morgan fingerprint density at radius 1 is 1.45 bits per heavy atom. The lowest BCUT2D eigenvalue weighted by Gasteiger charge is -2.09. The van der Waals surface area contributed by atoms with Crippen molar-refractivity contribution in [2.45, 2.75) is 0 Å². The Labute approximate surface area is 78.6 Å². The van der Waals surface area contributed by atoms with Crippen molar-refractivity contribution in [2.75, 3.05) is 24.4 Å². The van der Waals surface area contributed by atoms with Crippen LogP contribution in [-0.2, 0) is 13.6 Å². The molecule has 0 bridgehead atoms. The van der Waals surface area contributed by atoms with Crippen LogP contribution in [0.15, 0.2) is 0 Å². The van der Waals surface area contributed by atoms with E-state index >= 15 is 0 Å². The maximum atomic E-state index is 10.8. The van der Waals surface area contributed by atoms with Crippen LogP contribution in [0.25, 0.3) is 0 Å². The molecule has 0 aliphatic carbocycles. The third kappa shape index (κ3) is 7.25. The molecule has 7 heteroatoms. The first-order chi connectivity index (χ1) is 5.12. The van der Waals surface area contributed by atoms with Gasteiger partial charge >= 0.3 is 7.82 Å². The third-order valence-corrected chi connectivity index (χ3v) is 2.16. The van der Waals surface area contributed by atoms with Crippen molar-refractivity contribution in [3.8, 4) is 0 Å². The molecule has 0 amide bonds. The van der Waals surface area contributed by atoms with E-state index in [9.17, 15) is 4.57 Å². The summed E-state index contributed by atoms with van der Waals surface area (Å²) >= 11 is 8.25. The molecule has 11 heavy (non-hydrogen) atoms. The smallest absolute Gasteiger partial charge is 0.302 e. The predicted molar refractivity (Wildman–Crippen MR) is 46.2 cm³/mol. The second-order valence-electron chi connectivity index (χ2n) is 1.51. The second-order valence-corrected chi connectivity index (χ2v) is 4.14. The first-order valence-electron chi connectivity index (χ1n) is 2.86. The summed E-state index contributed by atoms with van der Waals surface area (Å²) < 4.78 is 19.6. The molecular weight excluding hydrogens is 258 g/mol. The number of phosphoric acid groups is 1. The molecule has 0 rings (SSSR count). The molecule has 0 aromatic rings. The lowest BCUT2D eigenvalue weighted by molar-refractivity contribution is 0.163. The minimum absolute atomic E-state index is 0.0115. The lowest BCUT2D eigenvalue weighted by atomic mass is 10.9. The van der Waals surface area contributed by atoms with Crippen molar-refractivity contribution in [3.05, 3.63) is 0 Å². The Morgan fingerprint density at radius 2 is 2.00 bits per heavy atom. The lowest BCUT2D eigenvalue weighted by Crippen LogP contribution is -1.99. The van der Waals surface area contributed by atoms with Gasteiger partial charge in [0.15, 0.2) is 0 Å². The van der Waals surface area contributed by atoms with Crippen LogP contribution in [0.4, 0.5) is 0 Å². The van der Waals surface area contributed by atoms with Gasteiger partial charge in [-0.1, -0.05) is 15.9 Å². The summed E-state index contributed by atoms with van der Waals surface area (Å²) in [6.45, 7) is 0.147. The summed E-state index contributed by atoms with van der Waals surface area (Å²) in [5, 5.41) is 0.488. The van der Waals surface area contributed by atoms with E-state index in [1.807, 2.05) is 0 Å². The van der Waals surface area contributed by atoms with E-state index < -0.39 is 7.82 Å². The maximum Gasteiger partial charge on any atom is 0.472 e. The van der Waals surface area contributed by atoms with Gasteiger partial charge in [0, 0.05) is 11.2 Å². The Kier molecular flexibility index (Phi) is 6.91. The van der Waals surface area contributed by atoms with Gasteiger partial charge in [-0.15, -0.1) is 11.6 Å². The van der Waals surface area contributed by atoms with Crippen LogP contribution >= 0.6 is 35.4 Å². The first kappa shape index (κ1) is 11.9. The highest BCUT2D eigenvalue weighted by Gasteiger charge is 2.19. The van der Waals surface area contributed by atoms with Crippen molar-refractivity contribution >= 4 is 35.4 Å². The van der Waals surface area contributed by atoms with Crippen LogP contribution in [-0.4, -0.2) is 29.3 Å². The van der Waals surface area contributed by atoms with Crippen LogP contribution in [0.5, 0.6) is 0 Å². The molecule has 0 saturated carbocycles. The fourth-order valence-electron chi connectivity index (χ4n) is 0.337. The highest BCUT2D eigenvalue weighted by molar-refractivity contribution is 9.09. The second kappa shape index (κ2) is 6.40. The number of hydrogen-bond acceptors (Lipinski definition) is 3. The predicted octanol–water partition coefficient (Wildman–Crippen LogP) is 1.75. The van der Waals surface area contributed by atoms with Crippen molar-refractivity contribution in [1.82, 2.24) is 0 Å². The molecule has 1 unspecified atom stereocenters. The maximum absolute atomic E-state index is 10.8. The molecule has 0 saturated heterocycles. The molecule has 1 N–H and O–H groups in total. The fraction of sp³-hybridized carbons (Fsp3) is 1.00. The number of rotatable bonds is 6. The number of alkyl halides is 2. The van der Waals surface area contributed by atoms with Gasteiger partial charge in [0.1, 0.15) is 0 Å². The zero-order valence-corrected chi connectivity index (χ0v) is 8.94. The fourth-order valence-corrected chi connectivity index (χ4v) is 1.65. The molecule has 0 heterocycles. The van der Waals surface area contributed by atoms with Gasteiger partial charge in [-0.2, -0.15) is 0 Å². The van der Waals surface area contributed by atoms with Crippen molar-refractivity contribution < 1.29 is 18.5 Å². The monoisotopic (exact) mass is 266 g/mol. The summed E-state index contributed by atoms with van der Waals surface area (Å²) in [4.78, 5) is 8.81. The zero-order valence-electron chi connectivity index (χ0n) is 5.70. The van der Waals surface area contributed by atoms with Crippen molar-refractivity contribution in [2.24, 2.45) is 0 Å². The van der Waals surface area contributed by atoms with E-state index in [4.69, 9.17) is 16.5 Å². The first-order valence-corrected chi connectivity index (χ1v) is 6.01. The van der Waals surface area contributed by atoms with E-state index in [1.54, 1.807) is 0 Å². The standard InChI is InChI=1S/C4H9BrClO4P/c5-1-3-9-11(7,8)10-4-2-6/h1-4H2,(H,7,8). The highest BCUT2D eigenvalue weighted by Crippen LogP contribution is 2.42. The topological polar surface area (TPSA) is 55.8 Å². The molecule has 0 aliphatic heterocycles. The summed E-state index contributed by atoms with van der Waals surface area (Å²) in [6.07, 6.45) is 0. The molecule has 0 aromatic heterocycles. The quantitative estimate of drug-likeness (QED) is 0.588. The number of hydrogen-bond donors (Lipinski definition) is 1. The third-order valence-electron chi connectivity index (χ3n) is 0.663. The molecule has 4 nitrogen and oxygen atoms in total. The summed E-state index contributed by atoms with van der Waals surface area (Å²) in [7, 11) is -3.84. The van der Waals surface area contributed by atoms with Gasteiger partial charge in [0.25, 0.3) is 0 Å². The Hall–Kier alpha value is 0.880. The molecule has 68 valence electrons. The average molecular weight is 267 g/mol. The van der Waals surface area contributed by atoms with E-state index in [2.05, 4.69) is 25.0 Å². The van der Waals surface area contributed by atoms with Crippen molar-refractivity contribution in [3.63, 3.8) is 0 Å². The molecular formula is C4H9BrClO4P. The zero-order chi connectivity index (χ0) is 8.74. The molecule has 0 spiro atoms. The van der Waals surface area contributed by atoms with Gasteiger partial charge in [0.2, 0.25) is 0 Å². The molecule has 0 aromatic carbocycles. The highest BCUT2D eigenvalue weighted by atomic mass is 79.9.